The van der Waals surface area contributed by atoms with Crippen molar-refractivity contribution in [3.63, 3.8) is 0 Å². The molecule has 9 nitrogen and oxygen atoms in total. The smallest absolute Gasteiger partial charge is 0.262 e. The van der Waals surface area contributed by atoms with Gasteiger partial charge in [-0.2, -0.15) is 0 Å². The molecule has 3 N–H and O–H groups in total. The number of aliphatic hydroxyl groups excluding tert-OH is 1. The summed E-state index contributed by atoms with van der Waals surface area (Å²) in [6.45, 7) is 0.772. The average molecular weight is 374 g/mol. The van der Waals surface area contributed by atoms with Gasteiger partial charge in [-0.1, -0.05) is 0 Å². The molecule has 2 atom stereocenters. The highest BCUT2D eigenvalue weighted by Crippen LogP contribution is 2.30. The predicted molar refractivity (Wildman–Crippen MR) is 96.3 cm³/mol. The number of benzene rings is 1. The minimum absolute atomic E-state index is 0.0845. The molecular weight excluding hydrogens is 352 g/mol. The molecule has 0 radical (unpaired) electrons. The van der Waals surface area contributed by atoms with Gasteiger partial charge in [0, 0.05) is 32.2 Å². The predicted octanol–water partition coefficient (Wildman–Crippen LogP) is -0.896. The standard InChI is InChI=1S/C18H22N4O5/c1-19-8-11(23)9-21(2)10-3-4-12-13(7-10)18(27)22(17(12)26)14-5-6-15(24)20-16(14)25/h3-4,7,11,14,19,23H,5-6,8-9H2,1-2H3,(H,20,24,25). The molecule has 4 amide bonds. The van der Waals surface area contributed by atoms with Crippen molar-refractivity contribution in [3.8, 4) is 0 Å². The number of nitrogens with one attached hydrogen (secondary N) is 2. The summed E-state index contributed by atoms with van der Waals surface area (Å²) >= 11 is 0. The van der Waals surface area contributed by atoms with Crippen molar-refractivity contribution in [1.82, 2.24) is 15.5 Å². The van der Waals surface area contributed by atoms with Crippen molar-refractivity contribution in [2.75, 3.05) is 32.1 Å². The summed E-state index contributed by atoms with van der Waals surface area (Å²) < 4.78 is 0. The van der Waals surface area contributed by atoms with Crippen molar-refractivity contribution in [1.29, 1.82) is 0 Å². The Hall–Kier alpha value is -2.78. The lowest BCUT2D eigenvalue weighted by molar-refractivity contribution is -0.136. The van der Waals surface area contributed by atoms with Crippen molar-refractivity contribution < 1.29 is 24.3 Å². The monoisotopic (exact) mass is 374 g/mol. The number of anilines is 1. The van der Waals surface area contributed by atoms with E-state index >= 15 is 0 Å². The Labute approximate surface area is 156 Å². The summed E-state index contributed by atoms with van der Waals surface area (Å²) in [6.07, 6.45) is -0.383. The average Bonchev–Trinajstić information content (AvgIpc) is 2.86. The van der Waals surface area contributed by atoms with Crippen LogP contribution in [0.1, 0.15) is 33.6 Å². The van der Waals surface area contributed by atoms with E-state index in [-0.39, 0.29) is 24.0 Å². The van der Waals surface area contributed by atoms with Gasteiger partial charge in [-0.05, 0) is 31.7 Å². The fourth-order valence-electron chi connectivity index (χ4n) is 3.42. The molecule has 1 saturated heterocycles. The van der Waals surface area contributed by atoms with Crippen LogP contribution in [0, 0.1) is 0 Å². The molecule has 0 aliphatic carbocycles. The van der Waals surface area contributed by atoms with Crippen molar-refractivity contribution in [2.24, 2.45) is 0 Å². The molecule has 0 aromatic heterocycles. The fraction of sp³-hybridized carbons (Fsp3) is 0.444. The normalized spacial score (nSPS) is 20.6. The Kier molecular flexibility index (Phi) is 5.24. The van der Waals surface area contributed by atoms with Crippen LogP contribution in [0.5, 0.6) is 0 Å². The van der Waals surface area contributed by atoms with Gasteiger partial charge in [-0.15, -0.1) is 0 Å². The van der Waals surface area contributed by atoms with Gasteiger partial charge in [0.25, 0.3) is 11.8 Å². The zero-order chi connectivity index (χ0) is 19.7. The molecule has 144 valence electrons. The quantitative estimate of drug-likeness (QED) is 0.552. The van der Waals surface area contributed by atoms with Crippen LogP contribution >= 0.6 is 0 Å². The van der Waals surface area contributed by atoms with E-state index in [0.29, 0.717) is 18.8 Å². The van der Waals surface area contributed by atoms with Gasteiger partial charge in [0.15, 0.2) is 0 Å². The number of carbonyl (C=O) groups is 4. The highest BCUT2D eigenvalue weighted by atomic mass is 16.3. The van der Waals surface area contributed by atoms with E-state index in [1.54, 1.807) is 37.2 Å². The maximum Gasteiger partial charge on any atom is 0.262 e. The van der Waals surface area contributed by atoms with Crippen LogP contribution in [0.15, 0.2) is 18.2 Å². The third-order valence-electron chi connectivity index (χ3n) is 4.79. The van der Waals surface area contributed by atoms with Gasteiger partial charge in [-0.25, -0.2) is 0 Å². The number of piperidine rings is 1. The lowest BCUT2D eigenvalue weighted by Crippen LogP contribution is -2.54. The van der Waals surface area contributed by atoms with Gasteiger partial charge in [0.2, 0.25) is 11.8 Å². The second kappa shape index (κ2) is 7.45. The zero-order valence-corrected chi connectivity index (χ0v) is 15.2. The van der Waals surface area contributed by atoms with E-state index in [1.165, 1.54) is 0 Å². The van der Waals surface area contributed by atoms with Crippen LogP contribution in [0.4, 0.5) is 5.69 Å². The first-order valence-electron chi connectivity index (χ1n) is 8.73. The molecule has 2 heterocycles. The number of nitrogens with zero attached hydrogens (tertiary/aromatic N) is 2. The molecule has 2 unspecified atom stereocenters. The van der Waals surface area contributed by atoms with Gasteiger partial charge in [0.05, 0.1) is 17.2 Å². The van der Waals surface area contributed by atoms with E-state index in [0.717, 1.165) is 4.90 Å². The minimum atomic E-state index is -0.978. The molecule has 0 bridgehead atoms. The number of imide groups is 2. The molecule has 0 saturated carbocycles. The van der Waals surface area contributed by atoms with Crippen LogP contribution < -0.4 is 15.5 Å². The summed E-state index contributed by atoms with van der Waals surface area (Å²) in [5, 5.41) is 15.0. The van der Waals surface area contributed by atoms with Crippen molar-refractivity contribution in [3.05, 3.63) is 29.3 Å². The Morgan fingerprint density at radius 2 is 1.96 bits per heavy atom. The summed E-state index contributed by atoms with van der Waals surface area (Å²) in [7, 11) is 3.52. The summed E-state index contributed by atoms with van der Waals surface area (Å²) in [5.41, 5.74) is 1.13. The second-order valence-corrected chi connectivity index (χ2v) is 6.77. The van der Waals surface area contributed by atoms with Crippen LogP contribution in [0.2, 0.25) is 0 Å². The van der Waals surface area contributed by atoms with E-state index < -0.39 is 35.8 Å². The van der Waals surface area contributed by atoms with Crippen molar-refractivity contribution in [2.45, 2.75) is 25.0 Å². The maximum atomic E-state index is 12.8. The first-order chi connectivity index (χ1) is 12.8. The van der Waals surface area contributed by atoms with Crippen LogP contribution in [0.3, 0.4) is 0 Å². The number of hydrogen-bond donors (Lipinski definition) is 3. The summed E-state index contributed by atoms with van der Waals surface area (Å²) in [4.78, 5) is 51.6. The largest absolute Gasteiger partial charge is 0.390 e. The van der Waals surface area contributed by atoms with E-state index in [2.05, 4.69) is 10.6 Å². The number of fused-ring (bicyclic) bond motifs is 1. The lowest BCUT2D eigenvalue weighted by atomic mass is 10.0. The number of hydrogen-bond acceptors (Lipinski definition) is 7. The summed E-state index contributed by atoms with van der Waals surface area (Å²) in [6, 6.07) is 3.86. The fourth-order valence-corrected chi connectivity index (χ4v) is 3.42. The highest BCUT2D eigenvalue weighted by Gasteiger charge is 2.44. The molecule has 1 aromatic rings. The Morgan fingerprint density at radius 3 is 2.63 bits per heavy atom. The zero-order valence-electron chi connectivity index (χ0n) is 15.2. The number of amides is 4. The molecule has 9 heteroatoms. The number of rotatable bonds is 6. The van der Waals surface area contributed by atoms with Crippen molar-refractivity contribution >= 4 is 29.3 Å². The SMILES string of the molecule is CNCC(O)CN(C)c1ccc2c(c1)C(=O)N(C1CCC(=O)NC1=O)C2=O. The topological polar surface area (TPSA) is 119 Å². The van der Waals surface area contributed by atoms with Gasteiger partial charge >= 0.3 is 0 Å². The lowest BCUT2D eigenvalue weighted by Gasteiger charge is -2.27. The molecule has 2 aliphatic rings. The van der Waals surface area contributed by atoms with E-state index in [4.69, 9.17) is 0 Å². The molecule has 0 spiro atoms. The van der Waals surface area contributed by atoms with Crippen LogP contribution in [-0.4, -0.2) is 73.0 Å². The number of likely N-dealkylation sites (N-methyl/N-ethyl adjacent to an activating group) is 2. The molecule has 27 heavy (non-hydrogen) atoms. The minimum Gasteiger partial charge on any atom is -0.390 e. The van der Waals surface area contributed by atoms with Crippen LogP contribution in [-0.2, 0) is 9.59 Å². The van der Waals surface area contributed by atoms with E-state index in [9.17, 15) is 24.3 Å². The number of aliphatic hydroxyl groups is 1. The Balaban J connectivity index is 1.82. The maximum absolute atomic E-state index is 12.8. The van der Waals surface area contributed by atoms with Crippen LogP contribution in [0.25, 0.3) is 0 Å². The highest BCUT2D eigenvalue weighted by molar-refractivity contribution is 6.23. The first-order valence-corrected chi connectivity index (χ1v) is 8.73. The first kappa shape index (κ1) is 19.0. The molecular formula is C18H22N4O5. The summed E-state index contributed by atoms with van der Waals surface area (Å²) in [5.74, 6) is -2.12. The molecule has 2 aliphatic heterocycles. The van der Waals surface area contributed by atoms with E-state index in [1.807, 2.05) is 0 Å². The molecule has 3 rings (SSSR count). The van der Waals surface area contributed by atoms with Gasteiger partial charge in [-0.3, -0.25) is 29.4 Å². The third-order valence-corrected chi connectivity index (χ3v) is 4.79. The number of carbonyl (C=O) groups excluding carboxylic acids is 4. The Morgan fingerprint density at radius 1 is 1.26 bits per heavy atom. The second-order valence-electron chi connectivity index (χ2n) is 6.77. The third kappa shape index (κ3) is 3.56. The van der Waals surface area contributed by atoms with Gasteiger partial charge in [0.1, 0.15) is 6.04 Å². The molecule has 1 fully saturated rings. The molecule has 1 aromatic carbocycles. The van der Waals surface area contributed by atoms with Gasteiger partial charge < -0.3 is 15.3 Å². The Bertz CT molecular complexity index is 809.